The molecule has 0 amide bonds. The Morgan fingerprint density at radius 3 is 3.05 bits per heavy atom. The normalized spacial score (nSPS) is 20.2. The second kappa shape index (κ2) is 4.62. The van der Waals surface area contributed by atoms with Crippen LogP contribution in [0.5, 0.6) is 0 Å². The highest BCUT2D eigenvalue weighted by molar-refractivity contribution is 6.00. The largest absolute Gasteiger partial charge is 0.478 e. The summed E-state index contributed by atoms with van der Waals surface area (Å²) in [6, 6.07) is 5.51. The lowest BCUT2D eigenvalue weighted by Gasteiger charge is -2.19. The number of likely N-dealkylation sites (N-methyl/N-ethyl adjacent to an activating group) is 1. The van der Waals surface area contributed by atoms with Gasteiger partial charge in [-0.1, -0.05) is 11.3 Å². The van der Waals surface area contributed by atoms with Crippen molar-refractivity contribution >= 4 is 17.0 Å². The van der Waals surface area contributed by atoms with E-state index in [9.17, 15) is 9.90 Å². The average molecular weight is 260 g/mol. The number of nitrogens with zero attached hydrogens (tertiary/aromatic N) is 4. The van der Waals surface area contributed by atoms with E-state index in [0.717, 1.165) is 13.0 Å². The first-order chi connectivity index (χ1) is 9.16. The Bertz CT molecular complexity index is 622. The molecule has 1 atom stereocenters. The van der Waals surface area contributed by atoms with Gasteiger partial charge in [-0.25, -0.2) is 9.48 Å². The van der Waals surface area contributed by atoms with E-state index in [1.807, 2.05) is 0 Å². The molecule has 0 spiro atoms. The van der Waals surface area contributed by atoms with E-state index in [0.29, 0.717) is 23.6 Å². The third-order valence-electron chi connectivity index (χ3n) is 3.82. The fourth-order valence-electron chi connectivity index (χ4n) is 2.74. The predicted molar refractivity (Wildman–Crippen MR) is 70.1 cm³/mol. The van der Waals surface area contributed by atoms with Gasteiger partial charge in [-0.05, 0) is 38.6 Å². The molecular formula is C13H16N4O2. The summed E-state index contributed by atoms with van der Waals surface area (Å²) in [5, 5.41) is 17.4. The van der Waals surface area contributed by atoms with Crippen LogP contribution in [0.15, 0.2) is 18.2 Å². The molecule has 100 valence electrons. The Morgan fingerprint density at radius 1 is 1.53 bits per heavy atom. The number of para-hydroxylation sites is 1. The fraction of sp³-hybridized carbons (Fsp3) is 0.462. The van der Waals surface area contributed by atoms with Gasteiger partial charge >= 0.3 is 5.97 Å². The first-order valence-electron chi connectivity index (χ1n) is 6.42. The molecule has 0 bridgehead atoms. The lowest BCUT2D eigenvalue weighted by Crippen LogP contribution is -2.29. The van der Waals surface area contributed by atoms with Gasteiger partial charge in [0.1, 0.15) is 11.0 Å². The van der Waals surface area contributed by atoms with E-state index in [1.165, 1.54) is 6.42 Å². The van der Waals surface area contributed by atoms with Gasteiger partial charge in [0.05, 0.1) is 12.1 Å². The van der Waals surface area contributed by atoms with Crippen molar-refractivity contribution < 1.29 is 9.90 Å². The minimum atomic E-state index is -0.936. The van der Waals surface area contributed by atoms with Gasteiger partial charge in [-0.15, -0.1) is 5.10 Å². The van der Waals surface area contributed by atoms with Crippen molar-refractivity contribution in [3.8, 4) is 0 Å². The van der Waals surface area contributed by atoms with Crippen LogP contribution in [0.2, 0.25) is 0 Å². The molecule has 2 aromatic rings. The van der Waals surface area contributed by atoms with Crippen molar-refractivity contribution in [2.45, 2.75) is 25.4 Å². The molecule has 1 N–H and O–H groups in total. The van der Waals surface area contributed by atoms with Crippen molar-refractivity contribution in [2.75, 3.05) is 13.6 Å². The molecule has 1 aromatic heterocycles. The summed E-state index contributed by atoms with van der Waals surface area (Å²) >= 11 is 0. The van der Waals surface area contributed by atoms with E-state index >= 15 is 0 Å². The number of carboxylic acid groups (broad SMARTS) is 1. The van der Waals surface area contributed by atoms with Crippen LogP contribution >= 0.6 is 0 Å². The summed E-state index contributed by atoms with van der Waals surface area (Å²) in [6.45, 7) is 1.78. The third-order valence-corrected chi connectivity index (χ3v) is 3.82. The number of fused-ring (bicyclic) bond motifs is 1. The van der Waals surface area contributed by atoms with Crippen LogP contribution < -0.4 is 0 Å². The van der Waals surface area contributed by atoms with Crippen LogP contribution in [-0.2, 0) is 6.54 Å². The van der Waals surface area contributed by atoms with Crippen molar-refractivity contribution in [1.29, 1.82) is 0 Å². The van der Waals surface area contributed by atoms with E-state index in [4.69, 9.17) is 0 Å². The lowest BCUT2D eigenvalue weighted by atomic mass is 10.1. The van der Waals surface area contributed by atoms with Crippen LogP contribution in [0.1, 0.15) is 23.2 Å². The topological polar surface area (TPSA) is 71.2 Å². The molecule has 1 aliphatic heterocycles. The first kappa shape index (κ1) is 12.1. The smallest absolute Gasteiger partial charge is 0.337 e. The van der Waals surface area contributed by atoms with Gasteiger partial charge in [0.2, 0.25) is 0 Å². The number of carbonyl (C=O) groups is 1. The number of benzene rings is 1. The molecule has 2 heterocycles. The highest BCUT2D eigenvalue weighted by atomic mass is 16.4. The zero-order chi connectivity index (χ0) is 13.4. The molecule has 1 unspecified atom stereocenters. The summed E-state index contributed by atoms with van der Waals surface area (Å²) < 4.78 is 1.73. The van der Waals surface area contributed by atoms with Gasteiger partial charge < -0.3 is 10.0 Å². The number of likely N-dealkylation sites (tertiary alicyclic amines) is 1. The number of aromatic carboxylic acids is 1. The standard InChI is InChI=1S/C13H16N4O2/c1-16-7-3-4-9(16)8-17-12-10(13(18)19)5-2-6-11(12)14-15-17/h2,5-6,9H,3-4,7-8H2,1H3,(H,18,19). The molecule has 1 fully saturated rings. The lowest BCUT2D eigenvalue weighted by molar-refractivity contribution is 0.0698. The van der Waals surface area contributed by atoms with Gasteiger partial charge in [0, 0.05) is 6.04 Å². The molecule has 1 aromatic carbocycles. The van der Waals surface area contributed by atoms with E-state index in [2.05, 4.69) is 22.3 Å². The molecule has 1 saturated heterocycles. The van der Waals surface area contributed by atoms with E-state index in [-0.39, 0.29) is 5.56 Å². The van der Waals surface area contributed by atoms with Crippen molar-refractivity contribution in [3.05, 3.63) is 23.8 Å². The van der Waals surface area contributed by atoms with Crippen LogP contribution in [-0.4, -0.2) is 50.6 Å². The highest BCUT2D eigenvalue weighted by Gasteiger charge is 2.23. The second-order valence-electron chi connectivity index (χ2n) is 5.03. The van der Waals surface area contributed by atoms with Gasteiger partial charge in [0.15, 0.2) is 0 Å². The van der Waals surface area contributed by atoms with Crippen molar-refractivity contribution in [2.24, 2.45) is 0 Å². The van der Waals surface area contributed by atoms with Crippen LogP contribution in [0.4, 0.5) is 0 Å². The summed E-state index contributed by atoms with van der Waals surface area (Å²) in [6.07, 6.45) is 2.30. The molecule has 0 aliphatic carbocycles. The van der Waals surface area contributed by atoms with Gasteiger partial charge in [-0.2, -0.15) is 0 Å². The predicted octanol–water partition coefficient (Wildman–Crippen LogP) is 1.22. The third kappa shape index (κ3) is 2.08. The van der Waals surface area contributed by atoms with Gasteiger partial charge in [-0.3, -0.25) is 0 Å². The minimum Gasteiger partial charge on any atom is -0.478 e. The Morgan fingerprint density at radius 2 is 2.37 bits per heavy atom. The molecule has 6 heteroatoms. The quantitative estimate of drug-likeness (QED) is 0.898. The Balaban J connectivity index is 2.01. The molecular weight excluding hydrogens is 244 g/mol. The fourth-order valence-corrected chi connectivity index (χ4v) is 2.74. The Labute approximate surface area is 110 Å². The second-order valence-corrected chi connectivity index (χ2v) is 5.03. The van der Waals surface area contributed by atoms with Gasteiger partial charge in [0.25, 0.3) is 0 Å². The van der Waals surface area contributed by atoms with Crippen molar-refractivity contribution in [3.63, 3.8) is 0 Å². The van der Waals surface area contributed by atoms with E-state index < -0.39 is 5.97 Å². The number of hydrogen-bond acceptors (Lipinski definition) is 4. The summed E-state index contributed by atoms with van der Waals surface area (Å²) in [5.74, 6) is -0.936. The molecule has 0 saturated carbocycles. The number of rotatable bonds is 3. The molecule has 3 rings (SSSR count). The van der Waals surface area contributed by atoms with Crippen molar-refractivity contribution in [1.82, 2.24) is 19.9 Å². The zero-order valence-corrected chi connectivity index (χ0v) is 10.8. The maximum absolute atomic E-state index is 11.3. The number of aromatic nitrogens is 3. The van der Waals surface area contributed by atoms with Crippen LogP contribution in [0, 0.1) is 0 Å². The highest BCUT2D eigenvalue weighted by Crippen LogP contribution is 2.21. The molecule has 6 nitrogen and oxygen atoms in total. The van der Waals surface area contributed by atoms with Crippen LogP contribution in [0.3, 0.4) is 0 Å². The SMILES string of the molecule is CN1CCCC1Cn1nnc2cccc(C(=O)O)c21. The first-order valence-corrected chi connectivity index (χ1v) is 6.42. The Kier molecular flexibility index (Phi) is 2.94. The molecule has 19 heavy (non-hydrogen) atoms. The average Bonchev–Trinajstić information content (AvgIpc) is 2.97. The van der Waals surface area contributed by atoms with E-state index in [1.54, 1.807) is 22.9 Å². The minimum absolute atomic E-state index is 0.267. The molecule has 1 aliphatic rings. The monoisotopic (exact) mass is 260 g/mol. The maximum Gasteiger partial charge on any atom is 0.337 e. The maximum atomic E-state index is 11.3. The number of carboxylic acids is 1. The Hall–Kier alpha value is -1.95. The number of hydrogen-bond donors (Lipinski definition) is 1. The summed E-state index contributed by atoms with van der Waals surface area (Å²) in [4.78, 5) is 13.6. The molecule has 0 radical (unpaired) electrons. The summed E-state index contributed by atoms with van der Waals surface area (Å²) in [5.41, 5.74) is 1.53. The zero-order valence-electron chi connectivity index (χ0n) is 10.8. The summed E-state index contributed by atoms with van der Waals surface area (Å²) in [7, 11) is 2.09. The van der Waals surface area contributed by atoms with Crippen LogP contribution in [0.25, 0.3) is 11.0 Å².